The van der Waals surface area contributed by atoms with Crippen LogP contribution in [0.1, 0.15) is 30.6 Å². The van der Waals surface area contributed by atoms with Crippen molar-refractivity contribution in [2.45, 2.75) is 26.4 Å². The van der Waals surface area contributed by atoms with Crippen LogP contribution in [0.2, 0.25) is 0 Å². The highest BCUT2D eigenvalue weighted by Gasteiger charge is 2.09. The Morgan fingerprint density at radius 2 is 2.00 bits per heavy atom. The van der Waals surface area contributed by atoms with Crippen molar-refractivity contribution in [1.82, 2.24) is 4.98 Å². The van der Waals surface area contributed by atoms with Crippen LogP contribution in [0.4, 0.5) is 11.5 Å². The molecule has 0 aliphatic heterocycles. The van der Waals surface area contributed by atoms with Gasteiger partial charge in [0.2, 0.25) is 0 Å². The van der Waals surface area contributed by atoms with E-state index in [1.807, 2.05) is 50.2 Å². The molecule has 2 aromatic rings. The summed E-state index contributed by atoms with van der Waals surface area (Å²) in [7, 11) is 0. The average Bonchev–Trinajstić information content (AvgIpc) is 2.39. The van der Waals surface area contributed by atoms with E-state index in [0.29, 0.717) is 6.42 Å². The average molecular weight is 242 g/mol. The minimum atomic E-state index is -0.428. The van der Waals surface area contributed by atoms with E-state index in [0.717, 1.165) is 22.6 Å². The van der Waals surface area contributed by atoms with Gasteiger partial charge in [0.25, 0.3) is 0 Å². The number of nitrogens with zero attached hydrogens (tertiary/aromatic N) is 1. The van der Waals surface area contributed by atoms with Gasteiger partial charge in [-0.05, 0) is 37.1 Å². The number of hydrogen-bond acceptors (Lipinski definition) is 3. The molecule has 1 aromatic heterocycles. The lowest BCUT2D eigenvalue weighted by Gasteiger charge is -2.13. The number of aryl methyl sites for hydroxylation is 1. The van der Waals surface area contributed by atoms with Crippen LogP contribution in [-0.4, -0.2) is 10.1 Å². The molecule has 18 heavy (non-hydrogen) atoms. The van der Waals surface area contributed by atoms with Crippen molar-refractivity contribution in [3.63, 3.8) is 0 Å². The predicted octanol–water partition coefficient (Wildman–Crippen LogP) is 3.58. The molecule has 0 fully saturated rings. The van der Waals surface area contributed by atoms with Crippen LogP contribution in [-0.2, 0) is 0 Å². The molecule has 3 nitrogen and oxygen atoms in total. The summed E-state index contributed by atoms with van der Waals surface area (Å²) in [6.45, 7) is 3.95. The standard InChI is InChI=1S/C15H18N2O/c1-3-14(18)13-10-16-15(9-11(13)2)17-12-7-5-4-6-8-12/h4-10,14,18H,3H2,1-2H3,(H,16,17)/t14-/m0/s1. The molecule has 94 valence electrons. The van der Waals surface area contributed by atoms with Crippen molar-refractivity contribution in [1.29, 1.82) is 0 Å². The summed E-state index contributed by atoms with van der Waals surface area (Å²) in [6.07, 6.45) is 2.02. The maximum atomic E-state index is 9.83. The number of aliphatic hydroxyl groups excluding tert-OH is 1. The Morgan fingerprint density at radius 1 is 1.28 bits per heavy atom. The summed E-state index contributed by atoms with van der Waals surface area (Å²) in [5.41, 5.74) is 2.96. The zero-order valence-corrected chi connectivity index (χ0v) is 10.7. The number of nitrogens with one attached hydrogen (secondary N) is 1. The molecule has 0 aliphatic carbocycles. The number of rotatable bonds is 4. The Hall–Kier alpha value is -1.87. The molecule has 0 unspecified atom stereocenters. The number of hydrogen-bond donors (Lipinski definition) is 2. The van der Waals surface area contributed by atoms with E-state index in [2.05, 4.69) is 10.3 Å². The maximum absolute atomic E-state index is 9.83. The Balaban J connectivity index is 2.19. The molecule has 2 N–H and O–H groups in total. The normalized spacial score (nSPS) is 12.2. The molecule has 0 spiro atoms. The van der Waals surface area contributed by atoms with Crippen LogP contribution in [0.3, 0.4) is 0 Å². The van der Waals surface area contributed by atoms with Crippen LogP contribution in [0.5, 0.6) is 0 Å². The van der Waals surface area contributed by atoms with Gasteiger partial charge in [-0.15, -0.1) is 0 Å². The number of benzene rings is 1. The quantitative estimate of drug-likeness (QED) is 0.861. The molecular formula is C15H18N2O. The fourth-order valence-electron chi connectivity index (χ4n) is 1.87. The van der Waals surface area contributed by atoms with E-state index in [1.54, 1.807) is 6.20 Å². The molecule has 0 radical (unpaired) electrons. The monoisotopic (exact) mass is 242 g/mol. The summed E-state index contributed by atoms with van der Waals surface area (Å²) in [6, 6.07) is 11.9. The van der Waals surface area contributed by atoms with Crippen LogP contribution in [0.15, 0.2) is 42.6 Å². The van der Waals surface area contributed by atoms with Crippen LogP contribution in [0, 0.1) is 6.92 Å². The van der Waals surface area contributed by atoms with Crippen LogP contribution < -0.4 is 5.32 Å². The first-order valence-electron chi connectivity index (χ1n) is 6.17. The van der Waals surface area contributed by atoms with E-state index in [-0.39, 0.29) is 0 Å². The lowest BCUT2D eigenvalue weighted by atomic mass is 10.0. The van der Waals surface area contributed by atoms with Crippen molar-refractivity contribution in [3.8, 4) is 0 Å². The summed E-state index contributed by atoms with van der Waals surface area (Å²) >= 11 is 0. The Bertz CT molecular complexity index is 511. The highest BCUT2D eigenvalue weighted by molar-refractivity contribution is 5.56. The summed E-state index contributed by atoms with van der Waals surface area (Å²) in [5.74, 6) is 0.797. The van der Waals surface area contributed by atoms with Gasteiger partial charge in [-0.3, -0.25) is 0 Å². The topological polar surface area (TPSA) is 45.2 Å². The van der Waals surface area contributed by atoms with Gasteiger partial charge in [0.1, 0.15) is 5.82 Å². The van der Waals surface area contributed by atoms with E-state index >= 15 is 0 Å². The fraction of sp³-hybridized carbons (Fsp3) is 0.267. The van der Waals surface area contributed by atoms with Crippen LogP contribution in [0.25, 0.3) is 0 Å². The third kappa shape index (κ3) is 2.87. The third-order valence-electron chi connectivity index (χ3n) is 2.94. The van der Waals surface area contributed by atoms with Gasteiger partial charge >= 0.3 is 0 Å². The number of aromatic nitrogens is 1. The van der Waals surface area contributed by atoms with Gasteiger partial charge in [-0.25, -0.2) is 4.98 Å². The van der Waals surface area contributed by atoms with Gasteiger partial charge in [-0.1, -0.05) is 25.1 Å². The lowest BCUT2D eigenvalue weighted by Crippen LogP contribution is -2.01. The van der Waals surface area contributed by atoms with E-state index in [1.165, 1.54) is 0 Å². The van der Waals surface area contributed by atoms with Gasteiger partial charge in [0, 0.05) is 17.4 Å². The maximum Gasteiger partial charge on any atom is 0.130 e. The SMILES string of the molecule is CC[C@H](O)c1cnc(Nc2ccccc2)cc1C. The summed E-state index contributed by atoms with van der Waals surface area (Å²) < 4.78 is 0. The fourth-order valence-corrected chi connectivity index (χ4v) is 1.87. The smallest absolute Gasteiger partial charge is 0.130 e. The molecule has 0 aliphatic rings. The van der Waals surface area contributed by atoms with E-state index in [4.69, 9.17) is 0 Å². The summed E-state index contributed by atoms with van der Waals surface area (Å²) in [4.78, 5) is 4.33. The highest BCUT2D eigenvalue weighted by Crippen LogP contribution is 2.22. The first-order chi connectivity index (χ1) is 8.70. The largest absolute Gasteiger partial charge is 0.388 e. The van der Waals surface area contributed by atoms with Crippen LogP contribution >= 0.6 is 0 Å². The molecule has 0 saturated heterocycles. The minimum Gasteiger partial charge on any atom is -0.388 e. The Morgan fingerprint density at radius 3 is 2.61 bits per heavy atom. The summed E-state index contributed by atoms with van der Waals surface area (Å²) in [5, 5.41) is 13.1. The second kappa shape index (κ2) is 5.65. The number of aliphatic hydroxyl groups is 1. The number of anilines is 2. The van der Waals surface area contributed by atoms with Crippen molar-refractivity contribution in [3.05, 3.63) is 53.7 Å². The molecule has 0 bridgehead atoms. The minimum absolute atomic E-state index is 0.428. The molecule has 1 atom stereocenters. The first kappa shape index (κ1) is 12.6. The van der Waals surface area contributed by atoms with Crippen molar-refractivity contribution < 1.29 is 5.11 Å². The molecule has 0 saturated carbocycles. The third-order valence-corrected chi connectivity index (χ3v) is 2.94. The van der Waals surface area contributed by atoms with Crippen molar-refractivity contribution >= 4 is 11.5 Å². The van der Waals surface area contributed by atoms with Gasteiger partial charge < -0.3 is 10.4 Å². The molecule has 3 heteroatoms. The Labute approximate surface area is 108 Å². The highest BCUT2D eigenvalue weighted by atomic mass is 16.3. The van der Waals surface area contributed by atoms with Crippen molar-refractivity contribution in [2.75, 3.05) is 5.32 Å². The molecular weight excluding hydrogens is 224 g/mol. The number of para-hydroxylation sites is 1. The Kier molecular flexibility index (Phi) is 3.95. The molecule has 1 heterocycles. The zero-order chi connectivity index (χ0) is 13.0. The second-order valence-electron chi connectivity index (χ2n) is 4.34. The predicted molar refractivity (Wildman–Crippen MR) is 73.9 cm³/mol. The molecule has 1 aromatic carbocycles. The van der Waals surface area contributed by atoms with Gasteiger partial charge in [0.15, 0.2) is 0 Å². The van der Waals surface area contributed by atoms with E-state index in [9.17, 15) is 5.11 Å². The molecule has 2 rings (SSSR count). The zero-order valence-electron chi connectivity index (χ0n) is 10.7. The van der Waals surface area contributed by atoms with Gasteiger partial charge in [-0.2, -0.15) is 0 Å². The van der Waals surface area contributed by atoms with Crippen molar-refractivity contribution in [2.24, 2.45) is 0 Å². The molecule has 0 amide bonds. The van der Waals surface area contributed by atoms with Gasteiger partial charge in [0.05, 0.1) is 6.10 Å². The van der Waals surface area contributed by atoms with E-state index < -0.39 is 6.10 Å². The lowest BCUT2D eigenvalue weighted by molar-refractivity contribution is 0.172. The number of pyridine rings is 1. The second-order valence-corrected chi connectivity index (χ2v) is 4.34. The first-order valence-corrected chi connectivity index (χ1v) is 6.17.